The lowest BCUT2D eigenvalue weighted by Gasteiger charge is -2.23. The molecule has 2 N–H and O–H groups in total. The Labute approximate surface area is 112 Å². The number of rotatable bonds is 5. The van der Waals surface area contributed by atoms with E-state index in [0.717, 1.165) is 12.8 Å². The molecule has 0 aromatic rings. The van der Waals surface area contributed by atoms with Crippen molar-refractivity contribution in [3.63, 3.8) is 0 Å². The largest absolute Gasteiger partial charge is 0.481 e. The van der Waals surface area contributed by atoms with E-state index in [-0.39, 0.29) is 12.1 Å². The standard InChI is InChI=1S/C14H18N2O3/c1-2-7-16(9-10-3-4-10)14(19)15-12-6-5-11(8-12)13(17)18/h1,5-6,10-12H,3-4,7-9H2,(H,15,19)(H,17,18). The third kappa shape index (κ3) is 3.75. The highest BCUT2D eigenvalue weighted by atomic mass is 16.4. The van der Waals surface area contributed by atoms with Gasteiger partial charge in [-0.25, -0.2) is 4.79 Å². The SMILES string of the molecule is C#CCN(CC1CC1)C(=O)NC1C=CC(C(=O)O)C1. The van der Waals surface area contributed by atoms with E-state index in [0.29, 0.717) is 25.4 Å². The van der Waals surface area contributed by atoms with E-state index in [1.807, 2.05) is 0 Å². The molecule has 5 nitrogen and oxygen atoms in total. The minimum absolute atomic E-state index is 0.203. The number of nitrogens with one attached hydrogen (secondary N) is 1. The minimum Gasteiger partial charge on any atom is -0.481 e. The summed E-state index contributed by atoms with van der Waals surface area (Å²) in [5.41, 5.74) is 0. The molecule has 0 bridgehead atoms. The molecule has 2 aliphatic carbocycles. The molecule has 19 heavy (non-hydrogen) atoms. The Kier molecular flexibility index (Phi) is 4.10. The smallest absolute Gasteiger partial charge is 0.318 e. The van der Waals surface area contributed by atoms with Crippen LogP contribution >= 0.6 is 0 Å². The summed E-state index contributed by atoms with van der Waals surface area (Å²) >= 11 is 0. The first-order valence-corrected chi connectivity index (χ1v) is 6.50. The maximum absolute atomic E-state index is 12.1. The second-order valence-electron chi connectivity index (χ2n) is 5.15. The molecule has 2 atom stereocenters. The van der Waals surface area contributed by atoms with E-state index in [2.05, 4.69) is 11.2 Å². The third-order valence-corrected chi connectivity index (χ3v) is 3.45. The average molecular weight is 262 g/mol. The van der Waals surface area contributed by atoms with Crippen LogP contribution in [0.25, 0.3) is 0 Å². The molecule has 0 spiro atoms. The molecule has 0 aromatic carbocycles. The molecule has 0 radical (unpaired) electrons. The lowest BCUT2D eigenvalue weighted by atomic mass is 10.1. The Morgan fingerprint density at radius 2 is 2.16 bits per heavy atom. The zero-order valence-electron chi connectivity index (χ0n) is 10.7. The van der Waals surface area contributed by atoms with Gasteiger partial charge in [-0.05, 0) is 25.2 Å². The summed E-state index contributed by atoms with van der Waals surface area (Å²) in [6.45, 7) is 0.982. The molecule has 2 aliphatic rings. The van der Waals surface area contributed by atoms with Gasteiger partial charge in [0.05, 0.1) is 18.5 Å². The van der Waals surface area contributed by atoms with E-state index >= 15 is 0 Å². The van der Waals surface area contributed by atoms with Crippen molar-refractivity contribution >= 4 is 12.0 Å². The van der Waals surface area contributed by atoms with Crippen molar-refractivity contribution in [2.45, 2.75) is 25.3 Å². The number of terminal acetylenes is 1. The minimum atomic E-state index is -0.855. The van der Waals surface area contributed by atoms with Crippen LogP contribution in [0.5, 0.6) is 0 Å². The molecule has 2 rings (SSSR count). The van der Waals surface area contributed by atoms with Gasteiger partial charge in [0.2, 0.25) is 0 Å². The van der Waals surface area contributed by atoms with Gasteiger partial charge >= 0.3 is 12.0 Å². The molecule has 2 unspecified atom stereocenters. The number of carboxylic acids is 1. The quantitative estimate of drug-likeness (QED) is 0.575. The number of urea groups is 1. The van der Waals surface area contributed by atoms with Crippen molar-refractivity contribution in [3.8, 4) is 12.3 Å². The summed E-state index contributed by atoms with van der Waals surface area (Å²) in [7, 11) is 0. The molecule has 0 aliphatic heterocycles. The fourth-order valence-electron chi connectivity index (χ4n) is 2.18. The fourth-order valence-corrected chi connectivity index (χ4v) is 2.18. The Morgan fingerprint density at radius 1 is 1.42 bits per heavy atom. The zero-order chi connectivity index (χ0) is 13.8. The number of aliphatic carboxylic acids is 1. The topological polar surface area (TPSA) is 69.6 Å². The van der Waals surface area contributed by atoms with E-state index in [9.17, 15) is 9.59 Å². The summed E-state index contributed by atoms with van der Waals surface area (Å²) in [6, 6.07) is -0.418. The predicted molar refractivity (Wildman–Crippen MR) is 70.3 cm³/mol. The van der Waals surface area contributed by atoms with Gasteiger partial charge in [-0.3, -0.25) is 4.79 Å². The predicted octanol–water partition coefficient (Wildman–Crippen LogP) is 1.07. The molecule has 2 amide bonds. The van der Waals surface area contributed by atoms with Crippen molar-refractivity contribution in [1.82, 2.24) is 10.2 Å². The fraction of sp³-hybridized carbons (Fsp3) is 0.571. The van der Waals surface area contributed by atoms with Crippen molar-refractivity contribution in [2.75, 3.05) is 13.1 Å². The van der Waals surface area contributed by atoms with Gasteiger partial charge in [-0.1, -0.05) is 18.1 Å². The first-order chi connectivity index (χ1) is 9.10. The lowest BCUT2D eigenvalue weighted by molar-refractivity contribution is -0.140. The van der Waals surface area contributed by atoms with Gasteiger partial charge in [-0.15, -0.1) is 6.42 Å². The van der Waals surface area contributed by atoms with Gasteiger partial charge in [0.25, 0.3) is 0 Å². The number of hydrogen-bond acceptors (Lipinski definition) is 2. The maximum Gasteiger partial charge on any atom is 0.318 e. The summed E-state index contributed by atoms with van der Waals surface area (Å²) in [5, 5.41) is 11.7. The Hall–Kier alpha value is -1.96. The number of carboxylic acid groups (broad SMARTS) is 1. The van der Waals surface area contributed by atoms with Crippen molar-refractivity contribution < 1.29 is 14.7 Å². The average Bonchev–Trinajstić information content (AvgIpc) is 3.05. The van der Waals surface area contributed by atoms with Crippen LogP contribution in [0.4, 0.5) is 4.79 Å². The van der Waals surface area contributed by atoms with Gasteiger partial charge in [-0.2, -0.15) is 0 Å². The number of hydrogen-bond donors (Lipinski definition) is 2. The van der Waals surface area contributed by atoms with Gasteiger partial charge in [0.15, 0.2) is 0 Å². The summed E-state index contributed by atoms with van der Waals surface area (Å²) in [5.74, 6) is 1.70. The van der Waals surface area contributed by atoms with Crippen LogP contribution < -0.4 is 5.32 Å². The molecule has 0 heterocycles. The summed E-state index contributed by atoms with van der Waals surface area (Å²) in [4.78, 5) is 24.5. The normalized spacial score (nSPS) is 24.8. The number of amides is 2. The highest BCUT2D eigenvalue weighted by molar-refractivity contribution is 5.76. The Bertz CT molecular complexity index is 434. The second-order valence-corrected chi connectivity index (χ2v) is 5.15. The van der Waals surface area contributed by atoms with Crippen LogP contribution in [-0.4, -0.2) is 41.1 Å². The van der Waals surface area contributed by atoms with E-state index in [1.54, 1.807) is 17.1 Å². The zero-order valence-corrected chi connectivity index (χ0v) is 10.7. The Morgan fingerprint density at radius 3 is 2.68 bits per heavy atom. The van der Waals surface area contributed by atoms with Crippen LogP contribution in [-0.2, 0) is 4.79 Å². The van der Waals surface area contributed by atoms with E-state index in [1.165, 1.54) is 0 Å². The molecule has 1 saturated carbocycles. The molecular weight excluding hydrogens is 244 g/mol. The highest BCUT2D eigenvalue weighted by Crippen LogP contribution is 2.29. The first kappa shape index (κ1) is 13.5. The maximum atomic E-state index is 12.1. The van der Waals surface area contributed by atoms with Crippen molar-refractivity contribution in [1.29, 1.82) is 0 Å². The molecule has 0 saturated heterocycles. The third-order valence-electron chi connectivity index (χ3n) is 3.45. The lowest BCUT2D eigenvalue weighted by Crippen LogP contribution is -2.45. The number of carbonyl (C=O) groups is 2. The summed E-state index contributed by atoms with van der Waals surface area (Å²) in [6.07, 6.45) is 11.3. The molecule has 1 fully saturated rings. The highest BCUT2D eigenvalue weighted by Gasteiger charge is 2.29. The molecule has 5 heteroatoms. The second kappa shape index (κ2) is 5.79. The van der Waals surface area contributed by atoms with Crippen molar-refractivity contribution in [2.24, 2.45) is 11.8 Å². The van der Waals surface area contributed by atoms with Gasteiger partial charge in [0, 0.05) is 6.54 Å². The van der Waals surface area contributed by atoms with Crippen LogP contribution in [0, 0.1) is 24.2 Å². The molecule has 0 aromatic heterocycles. The van der Waals surface area contributed by atoms with Crippen LogP contribution in [0.1, 0.15) is 19.3 Å². The van der Waals surface area contributed by atoms with Gasteiger partial charge in [0.1, 0.15) is 0 Å². The van der Waals surface area contributed by atoms with E-state index < -0.39 is 11.9 Å². The van der Waals surface area contributed by atoms with Crippen LogP contribution in [0.2, 0.25) is 0 Å². The monoisotopic (exact) mass is 262 g/mol. The Balaban J connectivity index is 1.83. The molecular formula is C14H18N2O3. The number of nitrogens with zero attached hydrogens (tertiary/aromatic N) is 1. The van der Waals surface area contributed by atoms with Gasteiger partial charge < -0.3 is 15.3 Å². The first-order valence-electron chi connectivity index (χ1n) is 6.50. The van der Waals surface area contributed by atoms with E-state index in [4.69, 9.17) is 11.5 Å². The van der Waals surface area contributed by atoms with Crippen molar-refractivity contribution in [3.05, 3.63) is 12.2 Å². The summed E-state index contributed by atoms with van der Waals surface area (Å²) < 4.78 is 0. The molecule has 102 valence electrons. The van der Waals surface area contributed by atoms with Crippen LogP contribution in [0.15, 0.2) is 12.2 Å². The number of carbonyl (C=O) groups excluding carboxylic acids is 1. The van der Waals surface area contributed by atoms with Crippen LogP contribution in [0.3, 0.4) is 0 Å².